The molecule has 32 heavy (non-hydrogen) atoms. The van der Waals surface area contributed by atoms with Crippen LogP contribution in [0.15, 0.2) is 43.0 Å². The van der Waals surface area contributed by atoms with E-state index in [0.29, 0.717) is 27.1 Å². The van der Waals surface area contributed by atoms with Crippen molar-refractivity contribution in [2.24, 2.45) is 0 Å². The van der Waals surface area contributed by atoms with E-state index in [1.165, 1.54) is 17.3 Å². The number of phenolic OH excluding ortho intramolecular Hbond substituents is 1. The molecule has 1 aromatic heterocycles. The number of hydrogen-bond acceptors (Lipinski definition) is 4. The maximum absolute atomic E-state index is 11.3. The molecule has 1 heterocycles. The molecule has 0 aliphatic rings. The zero-order chi connectivity index (χ0) is 23.8. The summed E-state index contributed by atoms with van der Waals surface area (Å²) in [5.41, 5.74) is 2.90. The highest BCUT2D eigenvalue weighted by molar-refractivity contribution is 6.35. The quantitative estimate of drug-likeness (QED) is 0.446. The van der Waals surface area contributed by atoms with Gasteiger partial charge in [-0.05, 0) is 46.7 Å². The maximum Gasteiger partial charge on any atom is 0.138 e. The van der Waals surface area contributed by atoms with E-state index in [4.69, 9.17) is 23.2 Å². The molecule has 0 bridgehead atoms. The minimum absolute atomic E-state index is 0.278. The Morgan fingerprint density at radius 1 is 1.00 bits per heavy atom. The van der Waals surface area contributed by atoms with Crippen LogP contribution in [0.5, 0.6) is 5.75 Å². The molecular weight excluding hydrogens is 445 g/mol. The summed E-state index contributed by atoms with van der Waals surface area (Å²) in [6.45, 7) is 12.3. The molecule has 0 saturated carbocycles. The number of hydrogen-bond donors (Lipinski definition) is 2. The van der Waals surface area contributed by atoms with Gasteiger partial charge in [-0.2, -0.15) is 5.10 Å². The van der Waals surface area contributed by atoms with Crippen LogP contribution in [-0.2, 0) is 10.8 Å². The Morgan fingerprint density at radius 3 is 2.06 bits per heavy atom. The van der Waals surface area contributed by atoms with Crippen molar-refractivity contribution in [3.63, 3.8) is 0 Å². The van der Waals surface area contributed by atoms with Crippen LogP contribution in [-0.4, -0.2) is 25.0 Å². The van der Waals surface area contributed by atoms with Crippen LogP contribution in [0, 0.1) is 0 Å². The van der Waals surface area contributed by atoms with Crippen molar-refractivity contribution < 1.29 is 10.2 Å². The van der Waals surface area contributed by atoms with Crippen molar-refractivity contribution in [2.45, 2.75) is 58.5 Å². The monoisotopic (exact) mass is 473 g/mol. The maximum atomic E-state index is 11.3. The van der Waals surface area contributed by atoms with Gasteiger partial charge in [0.15, 0.2) is 0 Å². The molecule has 0 spiro atoms. The zero-order valence-electron chi connectivity index (χ0n) is 19.2. The van der Waals surface area contributed by atoms with Crippen molar-refractivity contribution >= 4 is 35.0 Å². The van der Waals surface area contributed by atoms with Crippen LogP contribution in [0.3, 0.4) is 0 Å². The largest absolute Gasteiger partial charge is 0.507 e. The molecule has 2 N–H and O–H groups in total. The number of rotatable bonds is 4. The predicted molar refractivity (Wildman–Crippen MR) is 131 cm³/mol. The van der Waals surface area contributed by atoms with Gasteiger partial charge in [-0.15, -0.1) is 0 Å². The van der Waals surface area contributed by atoms with Crippen molar-refractivity contribution in [2.75, 3.05) is 0 Å². The molecule has 7 heteroatoms. The van der Waals surface area contributed by atoms with E-state index >= 15 is 0 Å². The van der Waals surface area contributed by atoms with Crippen molar-refractivity contribution in [1.29, 1.82) is 0 Å². The summed E-state index contributed by atoms with van der Waals surface area (Å²) in [6.07, 6.45) is 3.69. The number of phenols is 1. The number of aromatic nitrogens is 3. The molecule has 0 radical (unpaired) electrons. The average molecular weight is 474 g/mol. The van der Waals surface area contributed by atoms with E-state index in [9.17, 15) is 10.2 Å². The fraction of sp³-hybridized carbons (Fsp3) is 0.360. The lowest BCUT2D eigenvalue weighted by atomic mass is 9.78. The summed E-state index contributed by atoms with van der Waals surface area (Å²) in [5.74, 6) is 0.297. The topological polar surface area (TPSA) is 71.2 Å². The van der Waals surface area contributed by atoms with E-state index in [1.807, 2.05) is 18.2 Å². The molecule has 3 aromatic rings. The third kappa shape index (κ3) is 5.17. The first-order valence-corrected chi connectivity index (χ1v) is 11.1. The van der Waals surface area contributed by atoms with Gasteiger partial charge < -0.3 is 10.2 Å². The first kappa shape index (κ1) is 24.3. The summed E-state index contributed by atoms with van der Waals surface area (Å²) < 4.78 is 1.51. The summed E-state index contributed by atoms with van der Waals surface area (Å²) in [4.78, 5) is 4.03. The van der Waals surface area contributed by atoms with Gasteiger partial charge in [-0.3, -0.25) is 0 Å². The van der Waals surface area contributed by atoms with E-state index in [2.05, 4.69) is 51.6 Å². The first-order valence-electron chi connectivity index (χ1n) is 10.4. The molecule has 1 atom stereocenters. The Hall–Kier alpha value is -2.34. The second kappa shape index (κ2) is 8.89. The van der Waals surface area contributed by atoms with Crippen molar-refractivity contribution in [1.82, 2.24) is 14.8 Å². The molecule has 0 fully saturated rings. The third-order valence-electron chi connectivity index (χ3n) is 5.28. The highest BCUT2D eigenvalue weighted by atomic mass is 35.5. The normalized spacial score (nSPS) is 14.0. The van der Waals surface area contributed by atoms with Gasteiger partial charge in [0.25, 0.3) is 0 Å². The molecule has 0 aliphatic heterocycles. The zero-order valence-corrected chi connectivity index (χ0v) is 20.7. The molecule has 2 aromatic carbocycles. The number of aromatic hydroxyl groups is 1. The van der Waals surface area contributed by atoms with E-state index in [-0.39, 0.29) is 10.8 Å². The van der Waals surface area contributed by atoms with Crippen molar-refractivity contribution in [3.8, 4) is 5.75 Å². The number of aliphatic hydroxyl groups excluding tert-OH is 1. The van der Waals surface area contributed by atoms with Gasteiger partial charge in [-0.1, -0.05) is 70.8 Å². The highest BCUT2D eigenvalue weighted by Crippen LogP contribution is 2.41. The van der Waals surface area contributed by atoms with Crippen LogP contribution in [0.2, 0.25) is 10.0 Å². The van der Waals surface area contributed by atoms with Crippen molar-refractivity contribution in [3.05, 3.63) is 75.3 Å². The summed E-state index contributed by atoms with van der Waals surface area (Å²) in [7, 11) is 0. The standard InChI is InChI=1S/C25H29Cl2N3O2/c1-24(2,3)18-9-15(10-19(23(18)32)25(4,5)6)11-21(30-14-28-13-29-30)22(31)17-8-7-16(26)12-20(17)27/h7-14,22,31-32H,1-6H3/b21-11+/t22-/m1/s1. The molecule has 0 unspecified atom stereocenters. The third-order valence-corrected chi connectivity index (χ3v) is 5.85. The molecule has 0 saturated heterocycles. The van der Waals surface area contributed by atoms with E-state index < -0.39 is 6.10 Å². The number of halogens is 2. The van der Waals surface area contributed by atoms with Gasteiger partial charge in [0, 0.05) is 26.7 Å². The Morgan fingerprint density at radius 2 is 1.59 bits per heavy atom. The van der Waals surface area contributed by atoms with Gasteiger partial charge >= 0.3 is 0 Å². The molecule has 0 aliphatic carbocycles. The van der Waals surface area contributed by atoms with Crippen LogP contribution >= 0.6 is 23.2 Å². The number of benzene rings is 2. The van der Waals surface area contributed by atoms with Gasteiger partial charge in [0.2, 0.25) is 0 Å². The fourth-order valence-electron chi connectivity index (χ4n) is 3.55. The Bertz CT molecular complexity index is 1110. The highest BCUT2D eigenvalue weighted by Gasteiger charge is 2.27. The summed E-state index contributed by atoms with van der Waals surface area (Å²) >= 11 is 12.4. The Balaban J connectivity index is 2.24. The van der Waals surface area contributed by atoms with Crippen LogP contribution in [0.4, 0.5) is 0 Å². The summed E-state index contributed by atoms with van der Waals surface area (Å²) in [6, 6.07) is 8.85. The number of nitrogens with zero attached hydrogens (tertiary/aromatic N) is 3. The molecule has 5 nitrogen and oxygen atoms in total. The second-order valence-corrected chi connectivity index (χ2v) is 10.8. The van der Waals surface area contributed by atoms with E-state index in [1.54, 1.807) is 18.2 Å². The lowest BCUT2D eigenvalue weighted by molar-refractivity contribution is 0.231. The predicted octanol–water partition coefficient (Wildman–Crippen LogP) is 6.62. The minimum atomic E-state index is -1.08. The molecular formula is C25H29Cl2N3O2. The first-order chi connectivity index (χ1) is 14.8. The lowest BCUT2D eigenvalue weighted by Crippen LogP contribution is -2.17. The second-order valence-electron chi connectivity index (χ2n) is 9.94. The number of aliphatic hydroxyl groups is 1. The van der Waals surface area contributed by atoms with E-state index in [0.717, 1.165) is 16.7 Å². The molecule has 3 rings (SSSR count). The lowest BCUT2D eigenvalue weighted by Gasteiger charge is -2.28. The summed E-state index contributed by atoms with van der Waals surface area (Å²) in [5, 5.41) is 27.4. The van der Waals surface area contributed by atoms with Crippen LogP contribution < -0.4 is 0 Å². The molecule has 0 amide bonds. The minimum Gasteiger partial charge on any atom is -0.507 e. The SMILES string of the molecule is CC(C)(C)c1cc(/C=C(\[C@H](O)c2ccc(Cl)cc2Cl)n2cncn2)cc(C(C)(C)C)c1O. The van der Waals surface area contributed by atoms with Gasteiger partial charge in [-0.25, -0.2) is 9.67 Å². The van der Waals surface area contributed by atoms with Crippen LogP contribution in [0.1, 0.15) is 69.9 Å². The Kier molecular flexibility index (Phi) is 6.75. The van der Waals surface area contributed by atoms with Gasteiger partial charge in [0.1, 0.15) is 24.5 Å². The van der Waals surface area contributed by atoms with Crippen LogP contribution in [0.25, 0.3) is 11.8 Å². The van der Waals surface area contributed by atoms with Gasteiger partial charge in [0.05, 0.1) is 5.70 Å². The average Bonchev–Trinajstić information content (AvgIpc) is 3.19. The smallest absolute Gasteiger partial charge is 0.138 e. The Labute approximate surface area is 199 Å². The molecule has 170 valence electrons. The fourth-order valence-corrected chi connectivity index (χ4v) is 4.06.